The second kappa shape index (κ2) is 6.03. The fraction of sp³-hybridized carbons (Fsp3) is 0.250. The SMILES string of the molecule is CNC(Cc1ccc(C)cc1Cl)c1ccccc1. The molecule has 0 aliphatic rings. The first-order chi connectivity index (χ1) is 8.70. The van der Waals surface area contributed by atoms with Crippen molar-refractivity contribution in [1.82, 2.24) is 5.32 Å². The first-order valence-corrected chi connectivity index (χ1v) is 6.55. The molecule has 0 saturated carbocycles. The Kier molecular flexibility index (Phi) is 4.40. The molecule has 0 heterocycles. The van der Waals surface area contributed by atoms with Crippen LogP contribution in [0.2, 0.25) is 5.02 Å². The van der Waals surface area contributed by atoms with Gasteiger partial charge < -0.3 is 5.32 Å². The van der Waals surface area contributed by atoms with E-state index < -0.39 is 0 Å². The Labute approximate surface area is 114 Å². The van der Waals surface area contributed by atoms with Crippen molar-refractivity contribution in [2.75, 3.05) is 7.05 Å². The molecule has 2 aromatic carbocycles. The highest BCUT2D eigenvalue weighted by Crippen LogP contribution is 2.24. The third-order valence-electron chi connectivity index (χ3n) is 3.18. The van der Waals surface area contributed by atoms with Gasteiger partial charge in [-0.3, -0.25) is 0 Å². The topological polar surface area (TPSA) is 12.0 Å². The van der Waals surface area contributed by atoms with Crippen molar-refractivity contribution in [2.24, 2.45) is 0 Å². The van der Waals surface area contributed by atoms with E-state index in [0.29, 0.717) is 6.04 Å². The molecule has 0 aliphatic carbocycles. The predicted molar refractivity (Wildman–Crippen MR) is 78.1 cm³/mol. The van der Waals surface area contributed by atoms with Crippen LogP contribution in [0.25, 0.3) is 0 Å². The fourth-order valence-corrected chi connectivity index (χ4v) is 2.42. The summed E-state index contributed by atoms with van der Waals surface area (Å²) in [7, 11) is 1.99. The molecule has 1 unspecified atom stereocenters. The van der Waals surface area contributed by atoms with E-state index in [1.807, 2.05) is 19.2 Å². The maximum atomic E-state index is 6.29. The van der Waals surface area contributed by atoms with Gasteiger partial charge in [0.15, 0.2) is 0 Å². The molecule has 0 amide bonds. The molecule has 1 N–H and O–H groups in total. The summed E-state index contributed by atoms with van der Waals surface area (Å²) in [6, 6.07) is 17.0. The quantitative estimate of drug-likeness (QED) is 0.870. The van der Waals surface area contributed by atoms with Gasteiger partial charge in [0, 0.05) is 11.1 Å². The predicted octanol–water partition coefficient (Wildman–Crippen LogP) is 4.15. The van der Waals surface area contributed by atoms with E-state index in [4.69, 9.17) is 11.6 Å². The molecule has 18 heavy (non-hydrogen) atoms. The van der Waals surface area contributed by atoms with Crippen molar-refractivity contribution in [1.29, 1.82) is 0 Å². The van der Waals surface area contributed by atoms with Gasteiger partial charge in [0.2, 0.25) is 0 Å². The van der Waals surface area contributed by atoms with Crippen LogP contribution in [0, 0.1) is 6.92 Å². The molecular weight excluding hydrogens is 242 g/mol. The number of hydrogen-bond donors (Lipinski definition) is 1. The largest absolute Gasteiger partial charge is 0.313 e. The molecule has 1 nitrogen and oxygen atoms in total. The van der Waals surface area contributed by atoms with E-state index >= 15 is 0 Å². The van der Waals surface area contributed by atoms with Crippen LogP contribution >= 0.6 is 11.6 Å². The molecule has 0 radical (unpaired) electrons. The van der Waals surface area contributed by atoms with Crippen LogP contribution < -0.4 is 5.32 Å². The summed E-state index contributed by atoms with van der Waals surface area (Å²) in [5.74, 6) is 0. The van der Waals surface area contributed by atoms with Crippen LogP contribution in [-0.2, 0) is 6.42 Å². The van der Waals surface area contributed by atoms with Gasteiger partial charge in [-0.2, -0.15) is 0 Å². The van der Waals surface area contributed by atoms with Gasteiger partial charge in [-0.25, -0.2) is 0 Å². The lowest BCUT2D eigenvalue weighted by Gasteiger charge is -2.17. The van der Waals surface area contributed by atoms with Gasteiger partial charge in [-0.15, -0.1) is 0 Å². The van der Waals surface area contributed by atoms with E-state index in [1.165, 1.54) is 16.7 Å². The number of benzene rings is 2. The third-order valence-corrected chi connectivity index (χ3v) is 3.53. The highest BCUT2D eigenvalue weighted by molar-refractivity contribution is 6.31. The number of aryl methyl sites for hydroxylation is 1. The highest BCUT2D eigenvalue weighted by atomic mass is 35.5. The Morgan fingerprint density at radius 2 is 1.83 bits per heavy atom. The van der Waals surface area contributed by atoms with Crippen molar-refractivity contribution in [3.63, 3.8) is 0 Å². The van der Waals surface area contributed by atoms with Crippen molar-refractivity contribution >= 4 is 11.6 Å². The Bertz CT molecular complexity index is 508. The zero-order valence-corrected chi connectivity index (χ0v) is 11.5. The van der Waals surface area contributed by atoms with Crippen LogP contribution in [0.1, 0.15) is 22.7 Å². The second-order valence-corrected chi connectivity index (χ2v) is 4.96. The van der Waals surface area contributed by atoms with Gasteiger partial charge >= 0.3 is 0 Å². The molecule has 2 rings (SSSR count). The Morgan fingerprint density at radius 3 is 2.44 bits per heavy atom. The van der Waals surface area contributed by atoms with E-state index in [0.717, 1.165) is 11.4 Å². The molecule has 2 aromatic rings. The van der Waals surface area contributed by atoms with Crippen LogP contribution in [-0.4, -0.2) is 7.05 Å². The molecular formula is C16H18ClN. The zero-order valence-electron chi connectivity index (χ0n) is 10.8. The number of hydrogen-bond acceptors (Lipinski definition) is 1. The van der Waals surface area contributed by atoms with Crippen LogP contribution in [0.4, 0.5) is 0 Å². The average molecular weight is 260 g/mol. The van der Waals surface area contributed by atoms with E-state index in [2.05, 4.69) is 48.6 Å². The van der Waals surface area contributed by atoms with Crippen LogP contribution in [0.15, 0.2) is 48.5 Å². The van der Waals surface area contributed by atoms with Crippen LogP contribution in [0.3, 0.4) is 0 Å². The number of halogens is 1. The summed E-state index contributed by atoms with van der Waals surface area (Å²) >= 11 is 6.29. The molecule has 0 aromatic heterocycles. The van der Waals surface area contributed by atoms with E-state index in [-0.39, 0.29) is 0 Å². The molecule has 0 saturated heterocycles. The highest BCUT2D eigenvalue weighted by Gasteiger charge is 2.11. The van der Waals surface area contributed by atoms with Crippen molar-refractivity contribution < 1.29 is 0 Å². The van der Waals surface area contributed by atoms with Gasteiger partial charge in [-0.1, -0.05) is 54.1 Å². The molecule has 0 bridgehead atoms. The molecule has 1 atom stereocenters. The average Bonchev–Trinajstić information content (AvgIpc) is 2.39. The standard InChI is InChI=1S/C16H18ClN/c1-12-8-9-14(15(17)10-12)11-16(18-2)13-6-4-3-5-7-13/h3-10,16,18H,11H2,1-2H3. The van der Waals surface area contributed by atoms with Crippen molar-refractivity contribution in [2.45, 2.75) is 19.4 Å². The first kappa shape index (κ1) is 13.1. The molecule has 2 heteroatoms. The summed E-state index contributed by atoms with van der Waals surface area (Å²) < 4.78 is 0. The van der Waals surface area contributed by atoms with Gasteiger partial charge in [0.25, 0.3) is 0 Å². The first-order valence-electron chi connectivity index (χ1n) is 6.18. The van der Waals surface area contributed by atoms with E-state index in [9.17, 15) is 0 Å². The van der Waals surface area contributed by atoms with Gasteiger partial charge in [0.05, 0.1) is 0 Å². The van der Waals surface area contributed by atoms with Crippen molar-refractivity contribution in [3.05, 3.63) is 70.2 Å². The molecule has 0 aliphatic heterocycles. The summed E-state index contributed by atoms with van der Waals surface area (Å²) in [6.45, 7) is 2.06. The monoisotopic (exact) mass is 259 g/mol. The minimum absolute atomic E-state index is 0.298. The third kappa shape index (κ3) is 3.12. The second-order valence-electron chi connectivity index (χ2n) is 4.55. The smallest absolute Gasteiger partial charge is 0.0441 e. The fourth-order valence-electron chi connectivity index (χ4n) is 2.11. The van der Waals surface area contributed by atoms with Gasteiger partial charge in [-0.05, 0) is 43.1 Å². The van der Waals surface area contributed by atoms with E-state index in [1.54, 1.807) is 0 Å². The number of likely N-dealkylation sites (N-methyl/N-ethyl adjacent to an activating group) is 1. The molecule has 0 fully saturated rings. The Hall–Kier alpha value is -1.31. The maximum absolute atomic E-state index is 6.29. The summed E-state index contributed by atoms with van der Waals surface area (Å²) in [6.07, 6.45) is 0.902. The number of rotatable bonds is 4. The minimum atomic E-state index is 0.298. The van der Waals surface area contributed by atoms with Gasteiger partial charge in [0.1, 0.15) is 0 Å². The summed E-state index contributed by atoms with van der Waals surface area (Å²) in [5.41, 5.74) is 3.67. The molecule has 0 spiro atoms. The lowest BCUT2D eigenvalue weighted by atomic mass is 9.98. The number of nitrogens with one attached hydrogen (secondary N) is 1. The lowest BCUT2D eigenvalue weighted by molar-refractivity contribution is 0.592. The molecule has 94 valence electrons. The lowest BCUT2D eigenvalue weighted by Crippen LogP contribution is -2.18. The summed E-state index contributed by atoms with van der Waals surface area (Å²) in [5, 5.41) is 4.20. The Balaban J connectivity index is 2.21. The van der Waals surface area contributed by atoms with Crippen LogP contribution in [0.5, 0.6) is 0 Å². The minimum Gasteiger partial charge on any atom is -0.313 e. The van der Waals surface area contributed by atoms with Crippen molar-refractivity contribution in [3.8, 4) is 0 Å². The normalized spacial score (nSPS) is 12.4. The Morgan fingerprint density at radius 1 is 1.11 bits per heavy atom. The maximum Gasteiger partial charge on any atom is 0.0441 e. The zero-order chi connectivity index (χ0) is 13.0. The summed E-state index contributed by atoms with van der Waals surface area (Å²) in [4.78, 5) is 0.